The summed E-state index contributed by atoms with van der Waals surface area (Å²) in [7, 11) is 3.29. The number of benzene rings is 2. The molecular formula is C24H27BrN4O3. The summed E-state index contributed by atoms with van der Waals surface area (Å²) in [5, 5.41) is 5.05. The number of halogens is 1. The Morgan fingerprint density at radius 2 is 1.81 bits per heavy atom. The molecule has 8 heteroatoms. The Morgan fingerprint density at radius 3 is 2.47 bits per heavy atom. The van der Waals surface area contributed by atoms with Gasteiger partial charge in [0.25, 0.3) is 5.56 Å². The SMILES string of the molecule is COc1cc(N2CCCC2)c(OC)cc1C=Nn1c(C(C)C)nc2ccc(Br)cc2c1=O. The maximum Gasteiger partial charge on any atom is 0.282 e. The van der Waals surface area contributed by atoms with Gasteiger partial charge in [0.2, 0.25) is 0 Å². The number of ether oxygens (including phenoxy) is 2. The van der Waals surface area contributed by atoms with Gasteiger partial charge >= 0.3 is 0 Å². The van der Waals surface area contributed by atoms with Crippen molar-refractivity contribution in [3.05, 3.63) is 56.5 Å². The van der Waals surface area contributed by atoms with Crippen LogP contribution in [0, 0.1) is 0 Å². The molecule has 0 atom stereocenters. The number of fused-ring (bicyclic) bond motifs is 1. The summed E-state index contributed by atoms with van der Waals surface area (Å²) in [6.07, 6.45) is 3.97. The standard InChI is InChI=1S/C24H27BrN4O3/c1-15(2)23-27-19-8-7-17(25)12-18(19)24(30)29(23)26-14-16-11-22(32-4)20(13-21(16)31-3)28-9-5-6-10-28/h7-8,11-15H,5-6,9-10H2,1-4H3. The van der Waals surface area contributed by atoms with Gasteiger partial charge in [0.05, 0.1) is 37.0 Å². The average molecular weight is 499 g/mol. The van der Waals surface area contributed by atoms with Crippen molar-refractivity contribution in [3.8, 4) is 11.5 Å². The number of hydrogen-bond donors (Lipinski definition) is 0. The molecule has 0 aliphatic carbocycles. The molecule has 1 fully saturated rings. The van der Waals surface area contributed by atoms with Crippen LogP contribution in [-0.4, -0.2) is 43.2 Å². The Kier molecular flexibility index (Phi) is 6.50. The van der Waals surface area contributed by atoms with Crippen LogP contribution in [-0.2, 0) is 0 Å². The molecule has 1 aliphatic rings. The molecule has 0 spiro atoms. The molecule has 0 radical (unpaired) electrons. The van der Waals surface area contributed by atoms with E-state index < -0.39 is 0 Å². The van der Waals surface area contributed by atoms with Gasteiger partial charge < -0.3 is 14.4 Å². The third-order valence-electron chi connectivity index (χ3n) is 5.64. The Bertz CT molecular complexity index is 1230. The monoisotopic (exact) mass is 498 g/mol. The van der Waals surface area contributed by atoms with Crippen molar-refractivity contribution in [1.82, 2.24) is 9.66 Å². The molecular weight excluding hydrogens is 472 g/mol. The van der Waals surface area contributed by atoms with E-state index in [1.54, 1.807) is 26.5 Å². The van der Waals surface area contributed by atoms with E-state index in [0.717, 1.165) is 34.6 Å². The maximum absolute atomic E-state index is 13.3. The Labute approximate surface area is 195 Å². The third-order valence-corrected chi connectivity index (χ3v) is 6.13. The predicted octanol–water partition coefficient (Wildman–Crippen LogP) is 4.78. The lowest BCUT2D eigenvalue weighted by atomic mass is 10.1. The van der Waals surface area contributed by atoms with Gasteiger partial charge in [-0.25, -0.2) is 4.98 Å². The first-order valence-corrected chi connectivity index (χ1v) is 11.5. The topological polar surface area (TPSA) is 69.0 Å². The predicted molar refractivity (Wildman–Crippen MR) is 132 cm³/mol. The smallest absolute Gasteiger partial charge is 0.282 e. The van der Waals surface area contributed by atoms with Crippen molar-refractivity contribution in [1.29, 1.82) is 0 Å². The first-order chi connectivity index (χ1) is 15.4. The van der Waals surface area contributed by atoms with Gasteiger partial charge in [-0.2, -0.15) is 9.78 Å². The molecule has 2 aromatic carbocycles. The fraction of sp³-hybridized carbons (Fsp3) is 0.375. The van der Waals surface area contributed by atoms with Gasteiger partial charge in [-0.05, 0) is 37.1 Å². The highest BCUT2D eigenvalue weighted by molar-refractivity contribution is 9.10. The van der Waals surface area contributed by atoms with Crippen LogP contribution in [0.2, 0.25) is 0 Å². The van der Waals surface area contributed by atoms with Crippen molar-refractivity contribution in [2.75, 3.05) is 32.2 Å². The van der Waals surface area contributed by atoms with Crippen LogP contribution in [0.25, 0.3) is 10.9 Å². The molecule has 0 amide bonds. The van der Waals surface area contributed by atoms with E-state index in [9.17, 15) is 4.79 Å². The minimum atomic E-state index is -0.212. The van der Waals surface area contributed by atoms with Crippen LogP contribution in [0.15, 0.2) is 44.7 Å². The van der Waals surface area contributed by atoms with Gasteiger partial charge in [-0.1, -0.05) is 29.8 Å². The van der Waals surface area contributed by atoms with Crippen molar-refractivity contribution in [2.45, 2.75) is 32.6 Å². The lowest BCUT2D eigenvalue weighted by Gasteiger charge is -2.22. The van der Waals surface area contributed by atoms with Crippen LogP contribution >= 0.6 is 15.9 Å². The second-order valence-electron chi connectivity index (χ2n) is 8.11. The Balaban J connectivity index is 1.82. The largest absolute Gasteiger partial charge is 0.496 e. The molecule has 0 N–H and O–H groups in total. The molecule has 0 saturated carbocycles. The van der Waals surface area contributed by atoms with E-state index in [0.29, 0.717) is 22.5 Å². The highest BCUT2D eigenvalue weighted by Crippen LogP contribution is 2.36. The van der Waals surface area contributed by atoms with Crippen LogP contribution in [0.3, 0.4) is 0 Å². The lowest BCUT2D eigenvalue weighted by Crippen LogP contribution is -2.23. The van der Waals surface area contributed by atoms with E-state index in [1.807, 2.05) is 38.1 Å². The molecule has 1 aromatic heterocycles. The molecule has 2 heterocycles. The number of aromatic nitrogens is 2. The summed E-state index contributed by atoms with van der Waals surface area (Å²) in [5.41, 5.74) is 2.18. The van der Waals surface area contributed by atoms with Crippen LogP contribution in [0.4, 0.5) is 5.69 Å². The minimum Gasteiger partial charge on any atom is -0.496 e. The van der Waals surface area contributed by atoms with Crippen molar-refractivity contribution in [2.24, 2.45) is 5.10 Å². The number of hydrogen-bond acceptors (Lipinski definition) is 6. The minimum absolute atomic E-state index is 0.0156. The molecule has 0 unspecified atom stereocenters. The van der Waals surface area contributed by atoms with Crippen molar-refractivity contribution < 1.29 is 9.47 Å². The Morgan fingerprint density at radius 1 is 1.09 bits per heavy atom. The molecule has 7 nitrogen and oxygen atoms in total. The zero-order valence-electron chi connectivity index (χ0n) is 18.8. The fourth-order valence-corrected chi connectivity index (χ4v) is 4.34. The molecule has 1 saturated heterocycles. The zero-order chi connectivity index (χ0) is 22.8. The van der Waals surface area contributed by atoms with Gasteiger partial charge in [0, 0.05) is 35.1 Å². The molecule has 168 valence electrons. The summed E-state index contributed by atoms with van der Waals surface area (Å²) < 4.78 is 13.5. The van der Waals surface area contributed by atoms with Crippen molar-refractivity contribution >= 4 is 38.7 Å². The number of methoxy groups -OCH3 is 2. The summed E-state index contributed by atoms with van der Waals surface area (Å²) in [6, 6.07) is 9.38. The number of anilines is 1. The van der Waals surface area contributed by atoms with E-state index in [2.05, 4.69) is 25.9 Å². The number of rotatable bonds is 6. The summed E-state index contributed by atoms with van der Waals surface area (Å²) in [5.74, 6) is 2.04. The number of nitrogens with zero attached hydrogens (tertiary/aromatic N) is 4. The maximum atomic E-state index is 13.3. The third kappa shape index (κ3) is 4.24. The molecule has 4 rings (SSSR count). The normalized spacial score (nSPS) is 14.1. The van der Waals surface area contributed by atoms with Gasteiger partial charge in [0.15, 0.2) is 0 Å². The van der Waals surface area contributed by atoms with Crippen LogP contribution in [0.1, 0.15) is 44.0 Å². The molecule has 3 aromatic rings. The van der Waals surface area contributed by atoms with E-state index >= 15 is 0 Å². The van der Waals surface area contributed by atoms with Crippen molar-refractivity contribution in [3.63, 3.8) is 0 Å². The fourth-order valence-electron chi connectivity index (χ4n) is 3.98. The first kappa shape index (κ1) is 22.3. The van der Waals surface area contributed by atoms with Crippen LogP contribution < -0.4 is 19.9 Å². The first-order valence-electron chi connectivity index (χ1n) is 10.7. The van der Waals surface area contributed by atoms with E-state index in [4.69, 9.17) is 14.5 Å². The highest BCUT2D eigenvalue weighted by Gasteiger charge is 2.19. The summed E-state index contributed by atoms with van der Waals surface area (Å²) >= 11 is 3.43. The summed E-state index contributed by atoms with van der Waals surface area (Å²) in [4.78, 5) is 20.3. The molecule has 1 aliphatic heterocycles. The van der Waals surface area contributed by atoms with E-state index in [1.165, 1.54) is 17.5 Å². The Hall–Kier alpha value is -2.87. The highest BCUT2D eigenvalue weighted by atomic mass is 79.9. The zero-order valence-corrected chi connectivity index (χ0v) is 20.3. The van der Waals surface area contributed by atoms with Gasteiger partial charge in [-0.3, -0.25) is 4.79 Å². The summed E-state index contributed by atoms with van der Waals surface area (Å²) in [6.45, 7) is 5.98. The second-order valence-corrected chi connectivity index (χ2v) is 9.02. The van der Waals surface area contributed by atoms with Gasteiger partial charge in [-0.15, -0.1) is 0 Å². The molecule has 0 bridgehead atoms. The average Bonchev–Trinajstić information content (AvgIpc) is 3.32. The lowest BCUT2D eigenvalue weighted by molar-refractivity contribution is 0.402. The molecule has 32 heavy (non-hydrogen) atoms. The van der Waals surface area contributed by atoms with E-state index in [-0.39, 0.29) is 11.5 Å². The van der Waals surface area contributed by atoms with Gasteiger partial charge in [0.1, 0.15) is 17.3 Å². The van der Waals surface area contributed by atoms with Crippen LogP contribution in [0.5, 0.6) is 11.5 Å². The quantitative estimate of drug-likeness (QED) is 0.457. The second kappa shape index (κ2) is 9.32.